The van der Waals surface area contributed by atoms with Crippen molar-refractivity contribution in [2.45, 2.75) is 30.1 Å². The minimum absolute atomic E-state index is 0.0252. The lowest BCUT2D eigenvalue weighted by molar-refractivity contribution is 0.233. The highest BCUT2D eigenvalue weighted by molar-refractivity contribution is 9.10. The molecule has 0 aromatic carbocycles. The summed E-state index contributed by atoms with van der Waals surface area (Å²) in [5.74, 6) is 0. The van der Waals surface area contributed by atoms with E-state index in [9.17, 15) is 8.42 Å². The lowest BCUT2D eigenvalue weighted by atomic mass is 10.1. The quantitative estimate of drug-likeness (QED) is 0.895. The van der Waals surface area contributed by atoms with Crippen molar-refractivity contribution in [3.05, 3.63) is 15.9 Å². The van der Waals surface area contributed by atoms with E-state index in [-0.39, 0.29) is 12.1 Å². The van der Waals surface area contributed by atoms with Crippen molar-refractivity contribution < 1.29 is 8.42 Å². The molecule has 0 saturated carbocycles. The predicted molar refractivity (Wildman–Crippen MR) is 72.8 cm³/mol. The zero-order chi connectivity index (χ0) is 12.6. The van der Waals surface area contributed by atoms with E-state index < -0.39 is 10.0 Å². The summed E-state index contributed by atoms with van der Waals surface area (Å²) in [4.78, 5) is 0. The number of rotatable bonds is 2. The molecule has 2 heterocycles. The molecule has 17 heavy (non-hydrogen) atoms. The van der Waals surface area contributed by atoms with E-state index in [0.717, 1.165) is 0 Å². The Labute approximate surface area is 114 Å². The highest BCUT2D eigenvalue weighted by atomic mass is 79.9. The lowest BCUT2D eigenvalue weighted by Gasteiger charge is -2.37. The van der Waals surface area contributed by atoms with Gasteiger partial charge >= 0.3 is 0 Å². The van der Waals surface area contributed by atoms with E-state index in [2.05, 4.69) is 21.2 Å². The van der Waals surface area contributed by atoms with Crippen LogP contribution in [-0.2, 0) is 10.0 Å². The smallest absolute Gasteiger partial charge is 0.254 e. The summed E-state index contributed by atoms with van der Waals surface area (Å²) in [6.07, 6.45) is 0. The van der Waals surface area contributed by atoms with Crippen molar-refractivity contribution in [2.75, 3.05) is 13.1 Å². The van der Waals surface area contributed by atoms with Crippen LogP contribution in [0.25, 0.3) is 0 Å². The van der Waals surface area contributed by atoms with Crippen LogP contribution in [0.4, 0.5) is 0 Å². The Morgan fingerprint density at radius 1 is 1.53 bits per heavy atom. The molecule has 0 amide bonds. The van der Waals surface area contributed by atoms with Crippen LogP contribution in [0.2, 0.25) is 0 Å². The fourth-order valence-corrected chi connectivity index (χ4v) is 6.06. The summed E-state index contributed by atoms with van der Waals surface area (Å²) in [6.45, 7) is 5.18. The van der Waals surface area contributed by atoms with E-state index in [4.69, 9.17) is 0 Å². The lowest BCUT2D eigenvalue weighted by Crippen LogP contribution is -2.56. The topological polar surface area (TPSA) is 49.4 Å². The molecule has 1 saturated heterocycles. The van der Waals surface area contributed by atoms with E-state index >= 15 is 0 Å². The average Bonchev–Trinajstić information content (AvgIpc) is 2.69. The maximum atomic E-state index is 12.5. The second-order valence-corrected chi connectivity index (χ2v) is 8.01. The van der Waals surface area contributed by atoms with Crippen molar-refractivity contribution in [2.24, 2.45) is 0 Å². The number of nitrogens with zero attached hydrogens (tertiary/aromatic N) is 1. The third-order valence-corrected chi connectivity index (χ3v) is 7.74. The first kappa shape index (κ1) is 13.5. The van der Waals surface area contributed by atoms with Crippen molar-refractivity contribution >= 4 is 37.3 Å². The molecule has 0 bridgehead atoms. The zero-order valence-electron chi connectivity index (χ0n) is 9.68. The van der Waals surface area contributed by atoms with Crippen molar-refractivity contribution in [1.29, 1.82) is 0 Å². The number of hydrogen-bond acceptors (Lipinski definition) is 4. The summed E-state index contributed by atoms with van der Waals surface area (Å²) in [7, 11) is -3.37. The summed E-state index contributed by atoms with van der Waals surface area (Å²) in [6, 6.07) is 1.92. The van der Waals surface area contributed by atoms with Gasteiger partial charge in [0.15, 0.2) is 0 Å². The highest BCUT2D eigenvalue weighted by Gasteiger charge is 2.35. The third kappa shape index (κ3) is 2.44. The zero-order valence-corrected chi connectivity index (χ0v) is 12.9. The molecule has 96 valence electrons. The molecule has 4 nitrogen and oxygen atoms in total. The van der Waals surface area contributed by atoms with Crippen LogP contribution in [0, 0.1) is 0 Å². The van der Waals surface area contributed by atoms with Crippen molar-refractivity contribution in [1.82, 2.24) is 9.62 Å². The van der Waals surface area contributed by atoms with Gasteiger partial charge in [-0.25, -0.2) is 8.42 Å². The minimum Gasteiger partial charge on any atom is -0.311 e. The van der Waals surface area contributed by atoms with E-state index in [1.807, 2.05) is 13.8 Å². The van der Waals surface area contributed by atoms with Gasteiger partial charge in [-0.15, -0.1) is 11.3 Å². The molecule has 7 heteroatoms. The Kier molecular flexibility index (Phi) is 3.94. The van der Waals surface area contributed by atoms with Crippen LogP contribution in [0.5, 0.6) is 0 Å². The normalized spacial score (nSPS) is 27.2. The molecule has 1 aromatic rings. The molecule has 1 aliphatic heterocycles. The van der Waals surface area contributed by atoms with E-state index in [1.54, 1.807) is 15.8 Å². The average molecular weight is 339 g/mol. The first-order valence-corrected chi connectivity index (χ1v) is 8.54. The molecule has 2 atom stereocenters. The van der Waals surface area contributed by atoms with Gasteiger partial charge in [-0.2, -0.15) is 4.31 Å². The van der Waals surface area contributed by atoms with Gasteiger partial charge in [-0.05, 0) is 41.2 Å². The number of nitrogens with one attached hydrogen (secondary N) is 1. The second-order valence-electron chi connectivity index (χ2n) is 4.16. The van der Waals surface area contributed by atoms with Crippen molar-refractivity contribution in [3.8, 4) is 0 Å². The molecule has 1 N–H and O–H groups in total. The third-order valence-electron chi connectivity index (χ3n) is 3.10. The molecule has 2 rings (SSSR count). The number of thiophene rings is 1. The molecule has 1 aromatic heterocycles. The molecule has 1 aliphatic rings. The molecule has 0 spiro atoms. The molecule has 2 unspecified atom stereocenters. The summed E-state index contributed by atoms with van der Waals surface area (Å²) < 4.78 is 27.7. The van der Waals surface area contributed by atoms with Crippen LogP contribution >= 0.6 is 27.3 Å². The molecular formula is C10H15BrN2O2S2. The summed E-state index contributed by atoms with van der Waals surface area (Å²) in [5.41, 5.74) is 0. The Hall–Kier alpha value is 0.0500. The van der Waals surface area contributed by atoms with E-state index in [1.165, 1.54) is 11.3 Å². The Balaban J connectivity index is 2.36. The maximum Gasteiger partial charge on any atom is 0.254 e. The SMILES string of the molecule is CC1NCCN(S(=O)(=O)c2sccc2Br)C1C. The van der Waals surface area contributed by atoms with Gasteiger partial charge in [0.05, 0.1) is 0 Å². The number of halogens is 1. The molecule has 0 radical (unpaired) electrons. The van der Waals surface area contributed by atoms with Crippen LogP contribution in [-0.4, -0.2) is 37.9 Å². The summed E-state index contributed by atoms with van der Waals surface area (Å²) >= 11 is 4.55. The number of hydrogen-bond donors (Lipinski definition) is 1. The molecule has 0 aliphatic carbocycles. The minimum atomic E-state index is -3.37. The van der Waals surface area contributed by atoms with Gasteiger partial charge in [0.2, 0.25) is 0 Å². The first-order valence-electron chi connectivity index (χ1n) is 5.43. The Bertz CT molecular complexity index is 500. The van der Waals surface area contributed by atoms with Gasteiger partial charge in [-0.1, -0.05) is 0 Å². The monoisotopic (exact) mass is 338 g/mol. The van der Waals surface area contributed by atoms with Crippen LogP contribution in [0.1, 0.15) is 13.8 Å². The van der Waals surface area contributed by atoms with Crippen LogP contribution in [0.3, 0.4) is 0 Å². The second kappa shape index (κ2) is 4.97. The predicted octanol–water partition coefficient (Wildman–Crippen LogP) is 1.88. The summed E-state index contributed by atoms with van der Waals surface area (Å²) in [5, 5.41) is 5.06. The van der Waals surface area contributed by atoms with Gasteiger partial charge in [0.1, 0.15) is 4.21 Å². The fourth-order valence-electron chi connectivity index (χ4n) is 1.94. The Morgan fingerprint density at radius 2 is 2.24 bits per heavy atom. The Morgan fingerprint density at radius 3 is 2.82 bits per heavy atom. The van der Waals surface area contributed by atoms with Gasteiger partial charge in [0, 0.05) is 29.6 Å². The maximum absolute atomic E-state index is 12.5. The largest absolute Gasteiger partial charge is 0.311 e. The van der Waals surface area contributed by atoms with Crippen LogP contribution < -0.4 is 5.32 Å². The highest BCUT2D eigenvalue weighted by Crippen LogP contribution is 2.31. The number of piperazine rings is 1. The molecule has 1 fully saturated rings. The fraction of sp³-hybridized carbons (Fsp3) is 0.600. The van der Waals surface area contributed by atoms with Gasteiger partial charge in [0.25, 0.3) is 10.0 Å². The number of sulfonamides is 1. The standard InChI is InChI=1S/C10H15BrN2O2S2/c1-7-8(2)13(5-4-12-7)17(14,15)10-9(11)3-6-16-10/h3,6-8,12H,4-5H2,1-2H3. The molecular weight excluding hydrogens is 324 g/mol. The van der Waals surface area contributed by atoms with E-state index in [0.29, 0.717) is 21.8 Å². The van der Waals surface area contributed by atoms with Gasteiger partial charge in [-0.3, -0.25) is 0 Å². The van der Waals surface area contributed by atoms with Crippen LogP contribution in [0.15, 0.2) is 20.1 Å². The first-order chi connectivity index (χ1) is 7.94. The van der Waals surface area contributed by atoms with Crippen molar-refractivity contribution in [3.63, 3.8) is 0 Å². The van der Waals surface area contributed by atoms with Gasteiger partial charge < -0.3 is 5.32 Å².